The van der Waals surface area contributed by atoms with Gasteiger partial charge in [-0.15, -0.1) is 0 Å². The lowest BCUT2D eigenvalue weighted by atomic mass is 10.1. The number of hydrogen-bond acceptors (Lipinski definition) is 4. The highest BCUT2D eigenvalue weighted by molar-refractivity contribution is 5.90. The van der Waals surface area contributed by atoms with Crippen LogP contribution in [0.15, 0.2) is 0 Å². The number of carbonyl (C=O) groups is 4. The van der Waals surface area contributed by atoms with Crippen molar-refractivity contribution in [1.82, 2.24) is 15.5 Å². The Morgan fingerprint density at radius 3 is 2.60 bits per heavy atom. The van der Waals surface area contributed by atoms with E-state index in [1.54, 1.807) is 6.92 Å². The molecule has 9 nitrogen and oxygen atoms in total. The molecule has 1 rings (SSSR count). The molecule has 1 aliphatic rings. The van der Waals surface area contributed by atoms with Crippen molar-refractivity contribution in [3.63, 3.8) is 0 Å². The first-order valence-corrected chi connectivity index (χ1v) is 6.16. The number of amides is 3. The summed E-state index contributed by atoms with van der Waals surface area (Å²) in [5.41, 5.74) is 0. The predicted molar refractivity (Wildman–Crippen MR) is 66.0 cm³/mol. The normalized spacial score (nSPS) is 19.9. The smallest absolute Gasteiger partial charge is 0.326 e. The van der Waals surface area contributed by atoms with Gasteiger partial charge in [0.05, 0.1) is 6.42 Å². The molecule has 0 aromatic rings. The maximum atomic E-state index is 12.0. The van der Waals surface area contributed by atoms with Gasteiger partial charge in [0.15, 0.2) is 0 Å². The van der Waals surface area contributed by atoms with Gasteiger partial charge in [0.2, 0.25) is 5.91 Å². The van der Waals surface area contributed by atoms with E-state index in [1.165, 1.54) is 4.90 Å². The molecule has 20 heavy (non-hydrogen) atoms. The molecule has 0 aromatic heterocycles. The zero-order valence-corrected chi connectivity index (χ0v) is 11.0. The van der Waals surface area contributed by atoms with Crippen LogP contribution in [0.2, 0.25) is 0 Å². The van der Waals surface area contributed by atoms with Crippen LogP contribution in [0.4, 0.5) is 4.79 Å². The van der Waals surface area contributed by atoms with Crippen LogP contribution in [0.1, 0.15) is 19.8 Å². The Morgan fingerprint density at radius 1 is 1.45 bits per heavy atom. The van der Waals surface area contributed by atoms with Crippen molar-refractivity contribution in [2.45, 2.75) is 31.8 Å². The summed E-state index contributed by atoms with van der Waals surface area (Å²) in [6.07, 6.45) is -0.339. The summed E-state index contributed by atoms with van der Waals surface area (Å²) in [6.45, 7) is 2.25. The van der Waals surface area contributed by atoms with Crippen molar-refractivity contribution in [2.75, 3.05) is 13.1 Å². The van der Waals surface area contributed by atoms with Crippen molar-refractivity contribution in [3.05, 3.63) is 0 Å². The lowest BCUT2D eigenvalue weighted by molar-refractivity contribution is -0.145. The standard InChI is InChI=1S/C11H17N3O6/c1-2-7-9(17)12-3-4-14(7)11(20)13-6(10(18)19)5-8(15)16/h6-7H,2-5H2,1H3,(H,12,17)(H,13,20)(H,15,16)(H,18,19). The molecule has 0 aliphatic carbocycles. The summed E-state index contributed by atoms with van der Waals surface area (Å²) >= 11 is 0. The minimum atomic E-state index is -1.53. The quantitative estimate of drug-likeness (QED) is 0.503. The minimum absolute atomic E-state index is 0.246. The van der Waals surface area contributed by atoms with E-state index in [1.807, 2.05) is 0 Å². The Balaban J connectivity index is 2.74. The van der Waals surface area contributed by atoms with Gasteiger partial charge in [-0.1, -0.05) is 6.92 Å². The Morgan fingerprint density at radius 2 is 2.10 bits per heavy atom. The van der Waals surface area contributed by atoms with Crippen molar-refractivity contribution >= 4 is 23.9 Å². The fourth-order valence-corrected chi connectivity index (χ4v) is 1.97. The first kappa shape index (κ1) is 15.7. The zero-order chi connectivity index (χ0) is 15.3. The summed E-state index contributed by atoms with van der Waals surface area (Å²) in [5, 5.41) is 22.2. The second-order valence-corrected chi connectivity index (χ2v) is 4.35. The molecule has 0 radical (unpaired) electrons. The third kappa shape index (κ3) is 3.84. The number of carboxylic acids is 2. The van der Waals surface area contributed by atoms with Crippen LogP contribution in [0.3, 0.4) is 0 Å². The van der Waals surface area contributed by atoms with Crippen LogP contribution in [0, 0.1) is 0 Å². The number of urea groups is 1. The molecular weight excluding hydrogens is 270 g/mol. The second kappa shape index (κ2) is 6.73. The van der Waals surface area contributed by atoms with Crippen LogP contribution in [0.5, 0.6) is 0 Å². The maximum Gasteiger partial charge on any atom is 0.326 e. The zero-order valence-electron chi connectivity index (χ0n) is 11.0. The largest absolute Gasteiger partial charge is 0.481 e. The number of nitrogens with zero attached hydrogens (tertiary/aromatic N) is 1. The molecule has 0 bridgehead atoms. The van der Waals surface area contributed by atoms with Crippen LogP contribution in [-0.2, 0) is 14.4 Å². The molecule has 0 aromatic carbocycles. The van der Waals surface area contributed by atoms with E-state index in [-0.39, 0.29) is 19.0 Å². The fraction of sp³-hybridized carbons (Fsp3) is 0.636. The molecule has 9 heteroatoms. The molecule has 4 N–H and O–H groups in total. The summed E-state index contributed by atoms with van der Waals surface area (Å²) in [6, 6.07) is -2.95. The van der Waals surface area contributed by atoms with Gasteiger partial charge in [0, 0.05) is 13.1 Å². The SMILES string of the molecule is CCC1C(=O)NCCN1C(=O)NC(CC(=O)O)C(=O)O. The molecule has 1 fully saturated rings. The molecule has 1 aliphatic heterocycles. The van der Waals surface area contributed by atoms with E-state index in [0.29, 0.717) is 6.42 Å². The van der Waals surface area contributed by atoms with E-state index in [9.17, 15) is 19.2 Å². The predicted octanol–water partition coefficient (Wildman–Crippen LogP) is -1.17. The van der Waals surface area contributed by atoms with Gasteiger partial charge in [-0.2, -0.15) is 0 Å². The number of aliphatic carboxylic acids is 2. The highest BCUT2D eigenvalue weighted by Crippen LogP contribution is 2.09. The summed E-state index contributed by atoms with van der Waals surface area (Å²) in [4.78, 5) is 46.2. The minimum Gasteiger partial charge on any atom is -0.481 e. The molecule has 112 valence electrons. The lowest BCUT2D eigenvalue weighted by Gasteiger charge is -2.35. The molecular formula is C11H17N3O6. The topological polar surface area (TPSA) is 136 Å². The molecule has 3 amide bonds. The van der Waals surface area contributed by atoms with Gasteiger partial charge < -0.3 is 25.7 Å². The lowest BCUT2D eigenvalue weighted by Crippen LogP contribution is -2.60. The van der Waals surface area contributed by atoms with Gasteiger partial charge in [0.1, 0.15) is 12.1 Å². The highest BCUT2D eigenvalue weighted by atomic mass is 16.4. The third-order valence-corrected chi connectivity index (χ3v) is 2.95. The van der Waals surface area contributed by atoms with E-state index in [0.717, 1.165) is 0 Å². The fourth-order valence-electron chi connectivity index (χ4n) is 1.97. The number of piperazine rings is 1. The van der Waals surface area contributed by atoms with E-state index < -0.39 is 36.5 Å². The van der Waals surface area contributed by atoms with E-state index in [4.69, 9.17) is 10.2 Å². The summed E-state index contributed by atoms with van der Waals surface area (Å²) in [7, 11) is 0. The number of carboxylic acid groups (broad SMARTS) is 2. The van der Waals surface area contributed by atoms with Crippen molar-refractivity contribution in [3.8, 4) is 0 Å². The summed E-state index contributed by atoms with van der Waals surface area (Å²) < 4.78 is 0. The second-order valence-electron chi connectivity index (χ2n) is 4.35. The van der Waals surface area contributed by atoms with Crippen LogP contribution in [-0.4, -0.2) is 64.2 Å². The average molecular weight is 287 g/mol. The van der Waals surface area contributed by atoms with Gasteiger partial charge in [-0.05, 0) is 6.42 Å². The van der Waals surface area contributed by atoms with E-state index in [2.05, 4.69) is 10.6 Å². The average Bonchev–Trinajstić information content (AvgIpc) is 2.36. The van der Waals surface area contributed by atoms with Crippen LogP contribution < -0.4 is 10.6 Å². The first-order chi connectivity index (χ1) is 9.36. The molecule has 0 saturated carbocycles. The highest BCUT2D eigenvalue weighted by Gasteiger charge is 2.33. The molecule has 0 spiro atoms. The molecule has 1 heterocycles. The Kier molecular flexibility index (Phi) is 5.30. The Hall–Kier alpha value is -2.32. The molecule has 2 unspecified atom stereocenters. The third-order valence-electron chi connectivity index (χ3n) is 2.95. The monoisotopic (exact) mass is 287 g/mol. The number of nitrogens with one attached hydrogen (secondary N) is 2. The van der Waals surface area contributed by atoms with Crippen molar-refractivity contribution in [2.24, 2.45) is 0 Å². The van der Waals surface area contributed by atoms with Crippen LogP contribution in [0.25, 0.3) is 0 Å². The van der Waals surface area contributed by atoms with Gasteiger partial charge >= 0.3 is 18.0 Å². The van der Waals surface area contributed by atoms with E-state index >= 15 is 0 Å². The Labute approximate surface area is 114 Å². The van der Waals surface area contributed by atoms with Crippen molar-refractivity contribution < 1.29 is 29.4 Å². The first-order valence-electron chi connectivity index (χ1n) is 6.16. The summed E-state index contributed by atoms with van der Waals surface area (Å²) in [5.74, 6) is -3.07. The Bertz CT molecular complexity index is 424. The number of carbonyl (C=O) groups excluding carboxylic acids is 2. The van der Waals surface area contributed by atoms with Gasteiger partial charge in [-0.3, -0.25) is 9.59 Å². The maximum absolute atomic E-state index is 12.0. The van der Waals surface area contributed by atoms with Crippen molar-refractivity contribution in [1.29, 1.82) is 0 Å². The van der Waals surface area contributed by atoms with Crippen LogP contribution >= 0.6 is 0 Å². The molecule has 2 atom stereocenters. The molecule has 1 saturated heterocycles. The van der Waals surface area contributed by atoms with Gasteiger partial charge in [0.25, 0.3) is 0 Å². The number of rotatable bonds is 5. The number of hydrogen-bond donors (Lipinski definition) is 4. The van der Waals surface area contributed by atoms with Gasteiger partial charge in [-0.25, -0.2) is 9.59 Å².